The first-order valence-electron chi connectivity index (χ1n) is 4.27. The number of nitrogens with two attached hydrogens (primary N) is 1. The fraction of sp³-hybridized carbons (Fsp3) is 0.333. The van der Waals surface area contributed by atoms with E-state index in [9.17, 15) is 4.79 Å². The molecule has 0 aliphatic carbocycles. The Morgan fingerprint density at radius 2 is 2.50 bits per heavy atom. The predicted molar refractivity (Wildman–Crippen MR) is 62.6 cm³/mol. The third kappa shape index (κ3) is 2.78. The van der Waals surface area contributed by atoms with Gasteiger partial charge in [-0.3, -0.25) is 4.79 Å². The fourth-order valence-electron chi connectivity index (χ4n) is 1.01. The second kappa shape index (κ2) is 5.07. The molecule has 5 heteroatoms. The van der Waals surface area contributed by atoms with Crippen LogP contribution in [0.1, 0.15) is 23.7 Å². The van der Waals surface area contributed by atoms with Crippen LogP contribution >= 0.6 is 23.6 Å². The maximum Gasteiger partial charge on any atom is 0.252 e. The number of carbonyl (C=O) groups is 1. The van der Waals surface area contributed by atoms with Gasteiger partial charge in [0.25, 0.3) is 5.91 Å². The first kappa shape index (κ1) is 11.1. The van der Waals surface area contributed by atoms with Crippen LogP contribution in [-0.4, -0.2) is 16.9 Å². The van der Waals surface area contributed by atoms with Crippen molar-refractivity contribution in [3.8, 4) is 0 Å². The van der Waals surface area contributed by atoms with Gasteiger partial charge in [0, 0.05) is 5.38 Å². The summed E-state index contributed by atoms with van der Waals surface area (Å²) in [5.41, 5.74) is 6.13. The molecule has 1 heterocycles. The molecule has 0 saturated heterocycles. The highest BCUT2D eigenvalue weighted by atomic mass is 32.1. The van der Waals surface area contributed by atoms with Crippen LogP contribution in [-0.2, 0) is 0 Å². The maximum absolute atomic E-state index is 11.6. The summed E-state index contributed by atoms with van der Waals surface area (Å²) in [6.45, 7) is 1.93. The zero-order valence-corrected chi connectivity index (χ0v) is 9.45. The lowest BCUT2D eigenvalue weighted by molar-refractivity contribution is 0.0947. The lowest BCUT2D eigenvalue weighted by atomic mass is 10.2. The molecule has 1 aromatic rings. The largest absolute Gasteiger partial charge is 0.392 e. The van der Waals surface area contributed by atoms with Crippen molar-refractivity contribution in [1.82, 2.24) is 5.32 Å². The Morgan fingerprint density at radius 1 is 1.79 bits per heavy atom. The normalized spacial score (nSPS) is 12.1. The van der Waals surface area contributed by atoms with E-state index in [1.807, 2.05) is 12.3 Å². The van der Waals surface area contributed by atoms with E-state index in [-0.39, 0.29) is 11.9 Å². The van der Waals surface area contributed by atoms with Gasteiger partial charge in [0.2, 0.25) is 0 Å². The van der Waals surface area contributed by atoms with Gasteiger partial charge in [-0.2, -0.15) is 11.3 Å². The second-order valence-corrected chi connectivity index (χ2v) is 4.10. The second-order valence-electron chi connectivity index (χ2n) is 2.85. The third-order valence-electron chi connectivity index (χ3n) is 1.84. The van der Waals surface area contributed by atoms with Crippen LogP contribution in [0.15, 0.2) is 16.8 Å². The van der Waals surface area contributed by atoms with E-state index in [1.54, 1.807) is 11.4 Å². The van der Waals surface area contributed by atoms with Crippen molar-refractivity contribution in [1.29, 1.82) is 0 Å². The molecule has 0 radical (unpaired) electrons. The molecule has 3 nitrogen and oxygen atoms in total. The summed E-state index contributed by atoms with van der Waals surface area (Å²) < 4.78 is 0. The van der Waals surface area contributed by atoms with Crippen LogP contribution in [0, 0.1) is 0 Å². The van der Waals surface area contributed by atoms with E-state index in [2.05, 4.69) is 5.32 Å². The highest BCUT2D eigenvalue weighted by molar-refractivity contribution is 7.80. The minimum Gasteiger partial charge on any atom is -0.392 e. The Bertz CT molecular complexity index is 322. The average Bonchev–Trinajstić information content (AvgIpc) is 2.65. The van der Waals surface area contributed by atoms with Crippen molar-refractivity contribution in [2.24, 2.45) is 5.73 Å². The smallest absolute Gasteiger partial charge is 0.252 e. The summed E-state index contributed by atoms with van der Waals surface area (Å²) in [6.07, 6.45) is 0.714. The van der Waals surface area contributed by atoms with Gasteiger partial charge in [-0.1, -0.05) is 19.1 Å². The molecule has 0 saturated carbocycles. The molecule has 0 spiro atoms. The Labute approximate surface area is 92.3 Å². The molecule has 1 unspecified atom stereocenters. The number of rotatable bonds is 4. The van der Waals surface area contributed by atoms with E-state index < -0.39 is 0 Å². The van der Waals surface area contributed by atoms with Crippen molar-refractivity contribution < 1.29 is 4.79 Å². The number of carbonyl (C=O) groups excluding carboxylic acids is 1. The minimum atomic E-state index is -0.211. The fourth-order valence-corrected chi connectivity index (χ4v) is 1.87. The SMILES string of the molecule is CCC(NC(=O)c1ccsc1)C(N)=S. The number of amides is 1. The van der Waals surface area contributed by atoms with Gasteiger partial charge >= 0.3 is 0 Å². The van der Waals surface area contributed by atoms with Gasteiger partial charge in [0.15, 0.2) is 0 Å². The van der Waals surface area contributed by atoms with Gasteiger partial charge < -0.3 is 11.1 Å². The van der Waals surface area contributed by atoms with E-state index >= 15 is 0 Å². The Kier molecular flexibility index (Phi) is 4.03. The van der Waals surface area contributed by atoms with Gasteiger partial charge in [0.1, 0.15) is 0 Å². The lowest BCUT2D eigenvalue weighted by Gasteiger charge is -2.14. The van der Waals surface area contributed by atoms with Crippen LogP contribution in [0.4, 0.5) is 0 Å². The summed E-state index contributed by atoms with van der Waals surface area (Å²) in [5.74, 6) is -0.120. The highest BCUT2D eigenvalue weighted by Crippen LogP contribution is 2.06. The van der Waals surface area contributed by atoms with Crippen molar-refractivity contribution in [2.75, 3.05) is 0 Å². The minimum absolute atomic E-state index is 0.120. The lowest BCUT2D eigenvalue weighted by Crippen LogP contribution is -2.42. The van der Waals surface area contributed by atoms with E-state index in [0.717, 1.165) is 0 Å². The van der Waals surface area contributed by atoms with Gasteiger partial charge in [-0.05, 0) is 17.9 Å². The number of thiocarbonyl (C=S) groups is 1. The Hall–Kier alpha value is -0.940. The molecular formula is C9H12N2OS2. The monoisotopic (exact) mass is 228 g/mol. The van der Waals surface area contributed by atoms with E-state index in [4.69, 9.17) is 18.0 Å². The molecule has 0 bridgehead atoms. The quantitative estimate of drug-likeness (QED) is 0.769. The van der Waals surface area contributed by atoms with Gasteiger partial charge in [-0.15, -0.1) is 0 Å². The summed E-state index contributed by atoms with van der Waals surface area (Å²) >= 11 is 6.32. The number of hydrogen-bond acceptors (Lipinski definition) is 3. The zero-order chi connectivity index (χ0) is 10.6. The van der Waals surface area contributed by atoms with Gasteiger partial charge in [0.05, 0.1) is 16.6 Å². The molecule has 0 aliphatic rings. The van der Waals surface area contributed by atoms with Crippen molar-refractivity contribution in [3.05, 3.63) is 22.4 Å². The maximum atomic E-state index is 11.6. The summed E-state index contributed by atoms with van der Waals surface area (Å²) in [4.78, 5) is 11.9. The first-order valence-corrected chi connectivity index (χ1v) is 5.62. The Balaban J connectivity index is 2.60. The zero-order valence-electron chi connectivity index (χ0n) is 7.82. The van der Waals surface area contributed by atoms with Crippen LogP contribution in [0.3, 0.4) is 0 Å². The van der Waals surface area contributed by atoms with Crippen molar-refractivity contribution in [3.63, 3.8) is 0 Å². The van der Waals surface area contributed by atoms with Crippen molar-refractivity contribution in [2.45, 2.75) is 19.4 Å². The standard InChI is InChI=1S/C9H12N2OS2/c1-2-7(8(10)13)11-9(12)6-3-4-14-5-6/h3-5,7H,2H2,1H3,(H2,10,13)(H,11,12). The molecule has 14 heavy (non-hydrogen) atoms. The molecule has 1 aromatic heterocycles. The number of hydrogen-bond donors (Lipinski definition) is 2. The summed E-state index contributed by atoms with van der Waals surface area (Å²) in [5, 5.41) is 6.42. The highest BCUT2D eigenvalue weighted by Gasteiger charge is 2.13. The van der Waals surface area contributed by atoms with Gasteiger partial charge in [-0.25, -0.2) is 0 Å². The third-order valence-corrected chi connectivity index (χ3v) is 2.81. The predicted octanol–water partition coefficient (Wildman–Crippen LogP) is 1.54. The molecule has 76 valence electrons. The topological polar surface area (TPSA) is 55.1 Å². The molecule has 1 amide bonds. The molecule has 0 aromatic carbocycles. The van der Waals surface area contributed by atoms with Crippen LogP contribution in [0.25, 0.3) is 0 Å². The molecule has 0 aliphatic heterocycles. The molecular weight excluding hydrogens is 216 g/mol. The van der Waals surface area contributed by atoms with Crippen LogP contribution in [0.2, 0.25) is 0 Å². The number of thiophene rings is 1. The van der Waals surface area contributed by atoms with E-state index in [0.29, 0.717) is 17.0 Å². The molecule has 1 atom stereocenters. The van der Waals surface area contributed by atoms with E-state index in [1.165, 1.54) is 11.3 Å². The van der Waals surface area contributed by atoms with Crippen molar-refractivity contribution >= 4 is 34.5 Å². The molecule has 3 N–H and O–H groups in total. The van der Waals surface area contributed by atoms with Crippen LogP contribution < -0.4 is 11.1 Å². The first-order chi connectivity index (χ1) is 6.65. The van der Waals surface area contributed by atoms with Crippen LogP contribution in [0.5, 0.6) is 0 Å². The summed E-state index contributed by atoms with van der Waals surface area (Å²) in [7, 11) is 0. The molecule has 0 fully saturated rings. The average molecular weight is 228 g/mol. The Morgan fingerprint density at radius 3 is 2.93 bits per heavy atom. The number of nitrogens with one attached hydrogen (secondary N) is 1. The summed E-state index contributed by atoms with van der Waals surface area (Å²) in [6, 6.07) is 1.56. The molecule has 1 rings (SSSR count).